The van der Waals surface area contributed by atoms with Crippen LogP contribution in [0, 0.1) is 0 Å². The normalized spacial score (nSPS) is 11.8. The molecule has 116 valence electrons. The predicted octanol–water partition coefficient (Wildman–Crippen LogP) is 1.86. The number of carbonyl (C=O) groups excluding carboxylic acids is 2. The lowest BCUT2D eigenvalue weighted by Crippen LogP contribution is -2.46. The van der Waals surface area contributed by atoms with Gasteiger partial charge in [0, 0.05) is 25.2 Å². The number of rotatable bonds is 8. The molecule has 0 heterocycles. The standard InChI is InChI=1S/C16H25N3O2/c1-4-12-19(15(20)10-11-17-3)13(2)16(21)18-14-8-6-5-7-9-14/h5-9,13,17H,4,10-12H2,1-3H3,(H,18,21). The fraction of sp³-hybridized carbons (Fsp3) is 0.500. The quantitative estimate of drug-likeness (QED) is 0.768. The highest BCUT2D eigenvalue weighted by atomic mass is 16.2. The molecule has 1 atom stereocenters. The van der Waals surface area contributed by atoms with Crippen LogP contribution in [0.1, 0.15) is 26.7 Å². The average molecular weight is 291 g/mol. The average Bonchev–Trinajstić information content (AvgIpc) is 2.50. The zero-order chi connectivity index (χ0) is 15.7. The predicted molar refractivity (Wildman–Crippen MR) is 85.1 cm³/mol. The summed E-state index contributed by atoms with van der Waals surface area (Å²) in [5, 5.41) is 5.80. The van der Waals surface area contributed by atoms with Crippen molar-refractivity contribution in [1.82, 2.24) is 10.2 Å². The molecule has 0 spiro atoms. The minimum absolute atomic E-state index is 0.00177. The van der Waals surface area contributed by atoms with Crippen LogP contribution in [-0.4, -0.2) is 42.9 Å². The van der Waals surface area contributed by atoms with Gasteiger partial charge >= 0.3 is 0 Å². The monoisotopic (exact) mass is 291 g/mol. The number of anilines is 1. The van der Waals surface area contributed by atoms with Gasteiger partial charge in [-0.1, -0.05) is 25.1 Å². The Bertz CT molecular complexity index is 448. The van der Waals surface area contributed by atoms with Crippen LogP contribution >= 0.6 is 0 Å². The van der Waals surface area contributed by atoms with Crippen molar-refractivity contribution < 1.29 is 9.59 Å². The minimum atomic E-state index is -0.477. The first-order chi connectivity index (χ1) is 10.1. The maximum Gasteiger partial charge on any atom is 0.246 e. The van der Waals surface area contributed by atoms with Crippen LogP contribution in [0.25, 0.3) is 0 Å². The number of benzene rings is 1. The molecule has 0 aliphatic rings. The third kappa shape index (κ3) is 5.55. The Morgan fingerprint density at radius 3 is 2.48 bits per heavy atom. The number of para-hydroxylation sites is 1. The van der Waals surface area contributed by atoms with Gasteiger partial charge in [0.25, 0.3) is 0 Å². The van der Waals surface area contributed by atoms with Gasteiger partial charge in [-0.15, -0.1) is 0 Å². The van der Waals surface area contributed by atoms with Gasteiger partial charge in [0.2, 0.25) is 11.8 Å². The van der Waals surface area contributed by atoms with E-state index >= 15 is 0 Å². The molecule has 2 N–H and O–H groups in total. The maximum atomic E-state index is 12.3. The fourth-order valence-corrected chi connectivity index (χ4v) is 2.06. The van der Waals surface area contributed by atoms with Crippen LogP contribution in [0.4, 0.5) is 5.69 Å². The molecule has 0 radical (unpaired) electrons. The molecule has 5 nitrogen and oxygen atoms in total. The third-order valence-corrected chi connectivity index (χ3v) is 3.26. The van der Waals surface area contributed by atoms with Gasteiger partial charge in [-0.05, 0) is 32.5 Å². The highest BCUT2D eigenvalue weighted by Crippen LogP contribution is 2.09. The van der Waals surface area contributed by atoms with Crippen molar-refractivity contribution in [2.24, 2.45) is 0 Å². The summed E-state index contributed by atoms with van der Waals surface area (Å²) in [5.74, 6) is -0.158. The Labute approximate surface area is 126 Å². The van der Waals surface area contributed by atoms with Gasteiger partial charge in [0.15, 0.2) is 0 Å². The van der Waals surface area contributed by atoms with Gasteiger partial charge in [0.1, 0.15) is 6.04 Å². The van der Waals surface area contributed by atoms with E-state index in [1.165, 1.54) is 0 Å². The minimum Gasteiger partial charge on any atom is -0.331 e. The van der Waals surface area contributed by atoms with E-state index in [1.54, 1.807) is 11.8 Å². The SMILES string of the molecule is CCCN(C(=O)CCNC)C(C)C(=O)Nc1ccccc1. The number of carbonyl (C=O) groups is 2. The van der Waals surface area contributed by atoms with E-state index in [9.17, 15) is 9.59 Å². The van der Waals surface area contributed by atoms with E-state index in [-0.39, 0.29) is 11.8 Å². The summed E-state index contributed by atoms with van der Waals surface area (Å²) in [4.78, 5) is 26.1. The van der Waals surface area contributed by atoms with E-state index in [1.807, 2.05) is 44.3 Å². The van der Waals surface area contributed by atoms with Crippen molar-refractivity contribution in [3.63, 3.8) is 0 Å². The summed E-state index contributed by atoms with van der Waals surface area (Å²) >= 11 is 0. The summed E-state index contributed by atoms with van der Waals surface area (Å²) in [6, 6.07) is 8.80. The molecule has 0 bridgehead atoms. The molecular weight excluding hydrogens is 266 g/mol. The van der Waals surface area contributed by atoms with Crippen LogP contribution in [0.5, 0.6) is 0 Å². The van der Waals surface area contributed by atoms with Crippen LogP contribution in [0.2, 0.25) is 0 Å². The molecule has 2 amide bonds. The summed E-state index contributed by atoms with van der Waals surface area (Å²) < 4.78 is 0. The van der Waals surface area contributed by atoms with Crippen LogP contribution in [0.3, 0.4) is 0 Å². The van der Waals surface area contributed by atoms with Crippen LogP contribution in [0.15, 0.2) is 30.3 Å². The molecule has 1 unspecified atom stereocenters. The summed E-state index contributed by atoms with van der Waals surface area (Å²) in [5.41, 5.74) is 0.744. The topological polar surface area (TPSA) is 61.4 Å². The van der Waals surface area contributed by atoms with Crippen molar-refractivity contribution in [3.05, 3.63) is 30.3 Å². The summed E-state index contributed by atoms with van der Waals surface area (Å²) in [6.45, 7) is 4.98. The van der Waals surface area contributed by atoms with Crippen molar-refractivity contribution in [1.29, 1.82) is 0 Å². The van der Waals surface area contributed by atoms with E-state index in [0.29, 0.717) is 19.5 Å². The highest BCUT2D eigenvalue weighted by molar-refractivity contribution is 5.96. The number of hydrogen-bond acceptors (Lipinski definition) is 3. The van der Waals surface area contributed by atoms with Crippen LogP contribution in [-0.2, 0) is 9.59 Å². The fourth-order valence-electron chi connectivity index (χ4n) is 2.06. The third-order valence-electron chi connectivity index (χ3n) is 3.26. The molecule has 1 rings (SSSR count). The lowest BCUT2D eigenvalue weighted by atomic mass is 10.2. The first-order valence-electron chi connectivity index (χ1n) is 7.40. The van der Waals surface area contributed by atoms with Gasteiger partial charge in [-0.3, -0.25) is 9.59 Å². The van der Waals surface area contributed by atoms with E-state index in [0.717, 1.165) is 12.1 Å². The highest BCUT2D eigenvalue weighted by Gasteiger charge is 2.24. The Balaban J connectivity index is 2.68. The smallest absolute Gasteiger partial charge is 0.246 e. The molecule has 0 fully saturated rings. The zero-order valence-corrected chi connectivity index (χ0v) is 13.1. The van der Waals surface area contributed by atoms with Crippen molar-refractivity contribution in [3.8, 4) is 0 Å². The first-order valence-corrected chi connectivity index (χ1v) is 7.40. The Morgan fingerprint density at radius 2 is 1.90 bits per heavy atom. The molecule has 0 saturated carbocycles. The second-order valence-corrected chi connectivity index (χ2v) is 4.97. The number of nitrogens with zero attached hydrogens (tertiary/aromatic N) is 1. The molecule has 0 aliphatic heterocycles. The second kappa shape index (κ2) is 9.13. The van der Waals surface area contributed by atoms with Gasteiger partial charge in [-0.25, -0.2) is 0 Å². The molecular formula is C16H25N3O2. The largest absolute Gasteiger partial charge is 0.331 e. The summed E-state index contributed by atoms with van der Waals surface area (Å²) in [6.07, 6.45) is 1.23. The van der Waals surface area contributed by atoms with Gasteiger partial charge < -0.3 is 15.5 Å². The Kier molecular flexibility index (Phi) is 7.46. The Morgan fingerprint density at radius 1 is 1.24 bits per heavy atom. The molecule has 1 aromatic carbocycles. The Hall–Kier alpha value is -1.88. The number of amides is 2. The van der Waals surface area contributed by atoms with E-state index in [4.69, 9.17) is 0 Å². The molecule has 0 saturated heterocycles. The van der Waals surface area contributed by atoms with Gasteiger partial charge in [-0.2, -0.15) is 0 Å². The zero-order valence-electron chi connectivity index (χ0n) is 13.1. The number of nitrogens with one attached hydrogen (secondary N) is 2. The van der Waals surface area contributed by atoms with Crippen molar-refractivity contribution >= 4 is 17.5 Å². The maximum absolute atomic E-state index is 12.3. The molecule has 1 aromatic rings. The molecule has 5 heteroatoms. The summed E-state index contributed by atoms with van der Waals surface area (Å²) in [7, 11) is 1.81. The van der Waals surface area contributed by atoms with Crippen molar-refractivity contribution in [2.45, 2.75) is 32.7 Å². The van der Waals surface area contributed by atoms with Crippen molar-refractivity contribution in [2.75, 3.05) is 25.5 Å². The second-order valence-electron chi connectivity index (χ2n) is 4.97. The van der Waals surface area contributed by atoms with E-state index < -0.39 is 6.04 Å². The van der Waals surface area contributed by atoms with E-state index in [2.05, 4.69) is 10.6 Å². The van der Waals surface area contributed by atoms with Crippen LogP contribution < -0.4 is 10.6 Å². The lowest BCUT2D eigenvalue weighted by Gasteiger charge is -2.28. The molecule has 21 heavy (non-hydrogen) atoms. The number of hydrogen-bond donors (Lipinski definition) is 2. The molecule has 0 aromatic heterocycles. The molecule has 0 aliphatic carbocycles. The lowest BCUT2D eigenvalue weighted by molar-refractivity contribution is -0.138. The van der Waals surface area contributed by atoms with Gasteiger partial charge in [0.05, 0.1) is 0 Å². The first kappa shape index (κ1) is 17.2.